The molecule has 0 bridgehead atoms. The van der Waals surface area contributed by atoms with E-state index in [1.54, 1.807) is 0 Å². The Balaban J connectivity index is 1.49. The summed E-state index contributed by atoms with van der Waals surface area (Å²) in [5.74, 6) is 0. The Kier molecular flexibility index (Phi) is 5.21. The van der Waals surface area contributed by atoms with Crippen molar-refractivity contribution in [3.05, 3.63) is 58.4 Å². The SMILES string of the molecule is FC(F)(F)c1ccc(Nc2nc(-c3ccc(N4CCCC4)cc3)cs2)c(Cl)c1. The van der Waals surface area contributed by atoms with Crippen LogP contribution in [0.4, 0.5) is 29.7 Å². The van der Waals surface area contributed by atoms with Crippen LogP contribution in [0.15, 0.2) is 47.8 Å². The van der Waals surface area contributed by atoms with Gasteiger partial charge in [-0.2, -0.15) is 13.2 Å². The molecule has 0 amide bonds. The summed E-state index contributed by atoms with van der Waals surface area (Å²) in [6, 6.07) is 11.5. The summed E-state index contributed by atoms with van der Waals surface area (Å²) in [6.07, 6.45) is -1.96. The van der Waals surface area contributed by atoms with Crippen LogP contribution in [0.2, 0.25) is 5.02 Å². The van der Waals surface area contributed by atoms with Crippen molar-refractivity contribution in [2.24, 2.45) is 0 Å². The van der Waals surface area contributed by atoms with Crippen LogP contribution in [0.25, 0.3) is 11.3 Å². The molecule has 28 heavy (non-hydrogen) atoms. The molecule has 0 unspecified atom stereocenters. The van der Waals surface area contributed by atoms with E-state index in [4.69, 9.17) is 11.6 Å². The number of hydrogen-bond donors (Lipinski definition) is 1. The second-order valence-corrected chi connectivity index (χ2v) is 7.86. The maximum Gasteiger partial charge on any atom is 0.416 e. The molecular weight excluding hydrogens is 407 g/mol. The number of nitrogens with zero attached hydrogens (tertiary/aromatic N) is 2. The summed E-state index contributed by atoms with van der Waals surface area (Å²) in [7, 11) is 0. The number of rotatable bonds is 4. The molecule has 0 radical (unpaired) electrons. The molecule has 1 aliphatic rings. The van der Waals surface area contributed by atoms with E-state index in [0.717, 1.165) is 36.5 Å². The lowest BCUT2D eigenvalue weighted by Gasteiger charge is -2.17. The number of halogens is 4. The maximum atomic E-state index is 12.8. The van der Waals surface area contributed by atoms with Crippen LogP contribution in [-0.4, -0.2) is 18.1 Å². The normalized spacial score (nSPS) is 14.5. The van der Waals surface area contributed by atoms with Gasteiger partial charge < -0.3 is 10.2 Å². The summed E-state index contributed by atoms with van der Waals surface area (Å²) in [6.45, 7) is 2.19. The zero-order valence-electron chi connectivity index (χ0n) is 14.8. The van der Waals surface area contributed by atoms with Gasteiger partial charge in [-0.15, -0.1) is 11.3 Å². The lowest BCUT2D eigenvalue weighted by atomic mass is 10.1. The first-order valence-electron chi connectivity index (χ1n) is 8.85. The fourth-order valence-electron chi connectivity index (χ4n) is 3.19. The van der Waals surface area contributed by atoms with Crippen LogP contribution in [-0.2, 0) is 6.18 Å². The van der Waals surface area contributed by atoms with Crippen LogP contribution < -0.4 is 10.2 Å². The average molecular weight is 424 g/mol. The Morgan fingerprint density at radius 1 is 1.04 bits per heavy atom. The van der Waals surface area contributed by atoms with Crippen molar-refractivity contribution in [3.63, 3.8) is 0 Å². The van der Waals surface area contributed by atoms with E-state index in [9.17, 15) is 13.2 Å². The molecule has 2 aromatic carbocycles. The monoisotopic (exact) mass is 423 g/mol. The standard InChI is InChI=1S/C20H17ClF3N3S/c21-16-11-14(20(22,23)24)5-8-17(16)25-19-26-18(12-28-19)13-3-6-15(7-4-13)27-9-1-2-10-27/h3-8,11-12H,1-2,9-10H2,(H,25,26). The number of alkyl halides is 3. The van der Waals surface area contributed by atoms with Crippen molar-refractivity contribution < 1.29 is 13.2 Å². The molecule has 0 saturated carbocycles. The number of nitrogens with one attached hydrogen (secondary N) is 1. The lowest BCUT2D eigenvalue weighted by molar-refractivity contribution is -0.137. The van der Waals surface area contributed by atoms with Crippen molar-refractivity contribution >= 4 is 39.4 Å². The van der Waals surface area contributed by atoms with Crippen LogP contribution in [0.3, 0.4) is 0 Å². The largest absolute Gasteiger partial charge is 0.416 e. The van der Waals surface area contributed by atoms with Crippen molar-refractivity contribution in [2.45, 2.75) is 19.0 Å². The van der Waals surface area contributed by atoms with Crippen molar-refractivity contribution in [2.75, 3.05) is 23.3 Å². The number of hydrogen-bond acceptors (Lipinski definition) is 4. The third-order valence-electron chi connectivity index (χ3n) is 4.68. The van der Waals surface area contributed by atoms with Gasteiger partial charge in [-0.25, -0.2) is 4.98 Å². The number of thiazole rings is 1. The van der Waals surface area contributed by atoms with Crippen molar-refractivity contribution in [1.82, 2.24) is 4.98 Å². The number of benzene rings is 2. The smallest absolute Gasteiger partial charge is 0.372 e. The molecule has 4 rings (SSSR count). The van der Waals surface area contributed by atoms with Gasteiger partial charge in [-0.3, -0.25) is 0 Å². The highest BCUT2D eigenvalue weighted by Gasteiger charge is 2.30. The maximum absolute atomic E-state index is 12.8. The van der Waals surface area contributed by atoms with Gasteiger partial charge in [0.2, 0.25) is 0 Å². The predicted molar refractivity (Wildman–Crippen MR) is 109 cm³/mol. The van der Waals surface area contributed by atoms with Gasteiger partial charge in [-0.1, -0.05) is 23.7 Å². The first-order valence-corrected chi connectivity index (χ1v) is 10.1. The Morgan fingerprint density at radius 3 is 2.39 bits per heavy atom. The molecule has 2 heterocycles. The quantitative estimate of drug-likeness (QED) is 0.498. The second-order valence-electron chi connectivity index (χ2n) is 6.60. The van der Waals surface area contributed by atoms with Gasteiger partial charge in [-0.05, 0) is 43.2 Å². The molecule has 1 fully saturated rings. The Hall–Kier alpha value is -2.25. The second kappa shape index (κ2) is 7.64. The van der Waals surface area contributed by atoms with Gasteiger partial charge in [0.25, 0.3) is 0 Å². The molecule has 1 saturated heterocycles. The van der Waals surface area contributed by atoms with Crippen molar-refractivity contribution in [3.8, 4) is 11.3 Å². The van der Waals surface area contributed by atoms with Gasteiger partial charge >= 0.3 is 6.18 Å². The molecule has 3 nitrogen and oxygen atoms in total. The number of anilines is 3. The third kappa shape index (κ3) is 4.10. The van der Waals surface area contributed by atoms with E-state index in [1.165, 1.54) is 35.9 Å². The highest BCUT2D eigenvalue weighted by atomic mass is 35.5. The molecule has 146 valence electrons. The molecule has 0 spiro atoms. The topological polar surface area (TPSA) is 28.2 Å². The van der Waals surface area contributed by atoms with E-state index in [0.29, 0.717) is 10.8 Å². The minimum absolute atomic E-state index is 0.00143. The summed E-state index contributed by atoms with van der Waals surface area (Å²) in [5, 5.41) is 5.48. The molecule has 3 aromatic rings. The molecule has 0 atom stereocenters. The summed E-state index contributed by atoms with van der Waals surface area (Å²) in [5.41, 5.74) is 2.63. The molecular formula is C20H17ClF3N3S. The van der Waals surface area contributed by atoms with E-state index in [1.807, 2.05) is 17.5 Å². The predicted octanol–water partition coefficient (Wildman–Crippen LogP) is 6.83. The highest BCUT2D eigenvalue weighted by molar-refractivity contribution is 7.14. The first-order chi connectivity index (χ1) is 13.4. The van der Waals surface area contributed by atoms with E-state index in [2.05, 4.69) is 27.3 Å². The summed E-state index contributed by atoms with van der Waals surface area (Å²) < 4.78 is 38.3. The minimum atomic E-state index is -4.42. The molecule has 8 heteroatoms. The highest BCUT2D eigenvalue weighted by Crippen LogP contribution is 2.36. The van der Waals surface area contributed by atoms with Crippen LogP contribution >= 0.6 is 22.9 Å². The summed E-state index contributed by atoms with van der Waals surface area (Å²) in [4.78, 5) is 6.89. The minimum Gasteiger partial charge on any atom is -0.372 e. The zero-order chi connectivity index (χ0) is 19.7. The molecule has 1 aromatic heterocycles. The molecule has 0 aliphatic carbocycles. The van der Waals surface area contributed by atoms with Gasteiger partial charge in [0.05, 0.1) is 22.0 Å². The van der Waals surface area contributed by atoms with Crippen LogP contribution in [0.5, 0.6) is 0 Å². The van der Waals surface area contributed by atoms with E-state index in [-0.39, 0.29) is 5.02 Å². The Labute approximate surface area is 169 Å². The lowest BCUT2D eigenvalue weighted by Crippen LogP contribution is -2.17. The summed E-state index contributed by atoms with van der Waals surface area (Å²) >= 11 is 7.37. The zero-order valence-corrected chi connectivity index (χ0v) is 16.3. The van der Waals surface area contributed by atoms with Gasteiger partial charge in [0, 0.05) is 29.7 Å². The van der Waals surface area contributed by atoms with Gasteiger partial charge in [0.1, 0.15) is 0 Å². The van der Waals surface area contributed by atoms with Crippen LogP contribution in [0, 0.1) is 0 Å². The van der Waals surface area contributed by atoms with Gasteiger partial charge in [0.15, 0.2) is 5.13 Å². The Bertz CT molecular complexity index is 964. The fraction of sp³-hybridized carbons (Fsp3) is 0.250. The van der Waals surface area contributed by atoms with E-state index >= 15 is 0 Å². The molecule has 1 aliphatic heterocycles. The Morgan fingerprint density at radius 2 is 1.75 bits per heavy atom. The van der Waals surface area contributed by atoms with Crippen molar-refractivity contribution in [1.29, 1.82) is 0 Å². The fourth-order valence-corrected chi connectivity index (χ4v) is 4.15. The van der Waals surface area contributed by atoms with E-state index < -0.39 is 11.7 Å². The molecule has 1 N–H and O–H groups in total. The third-order valence-corrected chi connectivity index (χ3v) is 5.75. The van der Waals surface area contributed by atoms with Crippen LogP contribution in [0.1, 0.15) is 18.4 Å². The number of aromatic nitrogens is 1. The average Bonchev–Trinajstić information content (AvgIpc) is 3.35. The first kappa shape index (κ1) is 19.1.